The summed E-state index contributed by atoms with van der Waals surface area (Å²) >= 11 is 3.33. The summed E-state index contributed by atoms with van der Waals surface area (Å²) in [6, 6.07) is 0. The standard InChI is InChI=1S/C9H16BrNO/c1-7(8-3-4-8)9(12)11-6-2-5-10/h7-8H,2-6H2,1H3,(H,11,12). The van der Waals surface area contributed by atoms with Gasteiger partial charge in [-0.15, -0.1) is 0 Å². The number of halogens is 1. The van der Waals surface area contributed by atoms with Gasteiger partial charge >= 0.3 is 0 Å². The number of hydrogen-bond donors (Lipinski definition) is 1. The van der Waals surface area contributed by atoms with Crippen molar-refractivity contribution in [2.24, 2.45) is 11.8 Å². The number of hydrogen-bond acceptors (Lipinski definition) is 1. The van der Waals surface area contributed by atoms with Crippen LogP contribution < -0.4 is 5.32 Å². The maximum Gasteiger partial charge on any atom is 0.223 e. The first-order chi connectivity index (χ1) is 5.75. The van der Waals surface area contributed by atoms with Crippen LogP contribution in [0.4, 0.5) is 0 Å². The first-order valence-corrected chi connectivity index (χ1v) is 5.71. The fourth-order valence-corrected chi connectivity index (χ4v) is 1.53. The Hall–Kier alpha value is -0.0500. The predicted molar refractivity (Wildman–Crippen MR) is 53.3 cm³/mol. The summed E-state index contributed by atoms with van der Waals surface area (Å²) in [6.45, 7) is 2.84. The van der Waals surface area contributed by atoms with Crippen LogP contribution in [0, 0.1) is 11.8 Å². The highest BCUT2D eigenvalue weighted by atomic mass is 79.9. The van der Waals surface area contributed by atoms with Crippen LogP contribution in [-0.2, 0) is 4.79 Å². The van der Waals surface area contributed by atoms with Gasteiger partial charge < -0.3 is 5.32 Å². The van der Waals surface area contributed by atoms with Crippen LogP contribution >= 0.6 is 15.9 Å². The summed E-state index contributed by atoms with van der Waals surface area (Å²) in [5.41, 5.74) is 0. The normalized spacial score (nSPS) is 18.8. The Bertz CT molecular complexity index is 157. The summed E-state index contributed by atoms with van der Waals surface area (Å²) in [4.78, 5) is 11.4. The maximum atomic E-state index is 11.4. The molecule has 1 saturated carbocycles. The average molecular weight is 234 g/mol. The lowest BCUT2D eigenvalue weighted by Gasteiger charge is -2.09. The van der Waals surface area contributed by atoms with Gasteiger partial charge in [0.25, 0.3) is 0 Å². The van der Waals surface area contributed by atoms with Crippen molar-refractivity contribution in [2.45, 2.75) is 26.2 Å². The first-order valence-electron chi connectivity index (χ1n) is 4.59. The van der Waals surface area contributed by atoms with Gasteiger partial charge in [0, 0.05) is 17.8 Å². The van der Waals surface area contributed by atoms with Crippen molar-refractivity contribution in [1.82, 2.24) is 5.32 Å². The highest BCUT2D eigenvalue weighted by molar-refractivity contribution is 9.09. The van der Waals surface area contributed by atoms with Gasteiger partial charge in [-0.25, -0.2) is 0 Å². The third-order valence-electron chi connectivity index (χ3n) is 2.35. The highest BCUT2D eigenvalue weighted by Gasteiger charge is 2.32. The Balaban J connectivity index is 2.09. The SMILES string of the molecule is CC(C(=O)NCCCBr)C1CC1. The van der Waals surface area contributed by atoms with E-state index in [0.717, 1.165) is 18.3 Å². The van der Waals surface area contributed by atoms with Crippen LogP contribution in [0.25, 0.3) is 0 Å². The molecule has 0 aromatic rings. The second kappa shape index (κ2) is 4.85. The lowest BCUT2D eigenvalue weighted by Crippen LogP contribution is -2.31. The molecule has 3 heteroatoms. The maximum absolute atomic E-state index is 11.4. The molecule has 1 rings (SSSR count). The number of alkyl halides is 1. The number of nitrogens with one attached hydrogen (secondary N) is 1. The van der Waals surface area contributed by atoms with E-state index >= 15 is 0 Å². The van der Waals surface area contributed by atoms with Crippen molar-refractivity contribution < 1.29 is 4.79 Å². The highest BCUT2D eigenvalue weighted by Crippen LogP contribution is 2.36. The zero-order chi connectivity index (χ0) is 8.97. The molecule has 1 unspecified atom stereocenters. The van der Waals surface area contributed by atoms with E-state index in [4.69, 9.17) is 0 Å². The molecule has 1 aliphatic carbocycles. The Kier molecular flexibility index (Phi) is 4.06. The van der Waals surface area contributed by atoms with Crippen LogP contribution in [0.3, 0.4) is 0 Å². The molecule has 0 heterocycles. The first kappa shape index (κ1) is 10.0. The fraction of sp³-hybridized carbons (Fsp3) is 0.889. The molecule has 1 amide bonds. The minimum absolute atomic E-state index is 0.235. The third-order valence-corrected chi connectivity index (χ3v) is 2.91. The molecule has 1 N–H and O–H groups in total. The van der Waals surface area contributed by atoms with E-state index in [0.29, 0.717) is 5.92 Å². The molecule has 1 aliphatic rings. The summed E-state index contributed by atoms with van der Waals surface area (Å²) in [5, 5.41) is 3.90. The summed E-state index contributed by atoms with van der Waals surface area (Å²) in [5.74, 6) is 1.15. The van der Waals surface area contributed by atoms with E-state index in [2.05, 4.69) is 21.2 Å². The van der Waals surface area contributed by atoms with E-state index < -0.39 is 0 Å². The molecule has 70 valence electrons. The number of carbonyl (C=O) groups is 1. The van der Waals surface area contributed by atoms with Gasteiger partial charge in [-0.3, -0.25) is 4.79 Å². The molecule has 1 atom stereocenters. The Morgan fingerprint density at radius 3 is 2.83 bits per heavy atom. The molecule has 0 radical (unpaired) electrons. The molecule has 0 aliphatic heterocycles. The fourth-order valence-electron chi connectivity index (χ4n) is 1.25. The molecule has 12 heavy (non-hydrogen) atoms. The monoisotopic (exact) mass is 233 g/mol. The van der Waals surface area contributed by atoms with Gasteiger partial charge in [0.2, 0.25) is 5.91 Å². The minimum atomic E-state index is 0.235. The molecule has 0 aromatic heterocycles. The van der Waals surface area contributed by atoms with Crippen molar-refractivity contribution in [3.63, 3.8) is 0 Å². The lowest BCUT2D eigenvalue weighted by molar-refractivity contribution is -0.125. The van der Waals surface area contributed by atoms with Crippen molar-refractivity contribution in [2.75, 3.05) is 11.9 Å². The number of rotatable bonds is 5. The summed E-state index contributed by atoms with van der Waals surface area (Å²) in [6.07, 6.45) is 3.50. The minimum Gasteiger partial charge on any atom is -0.356 e. The molecule has 0 saturated heterocycles. The molecular formula is C9H16BrNO. The number of amides is 1. The molecule has 0 bridgehead atoms. The second-order valence-electron chi connectivity index (χ2n) is 3.46. The van der Waals surface area contributed by atoms with Crippen molar-refractivity contribution in [3.05, 3.63) is 0 Å². The van der Waals surface area contributed by atoms with E-state index in [1.54, 1.807) is 0 Å². The third kappa shape index (κ3) is 3.13. The van der Waals surface area contributed by atoms with E-state index in [1.165, 1.54) is 12.8 Å². The van der Waals surface area contributed by atoms with Crippen molar-refractivity contribution in [3.8, 4) is 0 Å². The Morgan fingerprint density at radius 1 is 1.67 bits per heavy atom. The van der Waals surface area contributed by atoms with Crippen LogP contribution in [0.2, 0.25) is 0 Å². The van der Waals surface area contributed by atoms with Crippen LogP contribution in [0.15, 0.2) is 0 Å². The van der Waals surface area contributed by atoms with E-state index in [9.17, 15) is 4.79 Å². The molecule has 1 fully saturated rings. The molecular weight excluding hydrogens is 218 g/mol. The van der Waals surface area contributed by atoms with E-state index in [1.807, 2.05) is 6.92 Å². The largest absolute Gasteiger partial charge is 0.356 e. The average Bonchev–Trinajstić information content (AvgIpc) is 2.86. The van der Waals surface area contributed by atoms with Crippen LogP contribution in [0.1, 0.15) is 26.2 Å². The van der Waals surface area contributed by atoms with Crippen molar-refractivity contribution >= 4 is 21.8 Å². The van der Waals surface area contributed by atoms with Gasteiger partial charge in [0.15, 0.2) is 0 Å². The van der Waals surface area contributed by atoms with Gasteiger partial charge in [0.1, 0.15) is 0 Å². The van der Waals surface area contributed by atoms with Crippen LogP contribution in [-0.4, -0.2) is 17.8 Å². The van der Waals surface area contributed by atoms with Gasteiger partial charge in [-0.1, -0.05) is 22.9 Å². The summed E-state index contributed by atoms with van der Waals surface area (Å²) < 4.78 is 0. The second-order valence-corrected chi connectivity index (χ2v) is 4.25. The van der Waals surface area contributed by atoms with Crippen molar-refractivity contribution in [1.29, 1.82) is 0 Å². The Morgan fingerprint density at radius 2 is 2.33 bits per heavy atom. The Labute approximate surface area is 82.2 Å². The topological polar surface area (TPSA) is 29.1 Å². The van der Waals surface area contributed by atoms with Gasteiger partial charge in [-0.05, 0) is 25.2 Å². The zero-order valence-corrected chi connectivity index (χ0v) is 9.06. The zero-order valence-electron chi connectivity index (χ0n) is 7.48. The van der Waals surface area contributed by atoms with Gasteiger partial charge in [0.05, 0.1) is 0 Å². The predicted octanol–water partition coefficient (Wildman–Crippen LogP) is 1.93. The summed E-state index contributed by atoms with van der Waals surface area (Å²) in [7, 11) is 0. The smallest absolute Gasteiger partial charge is 0.223 e. The quantitative estimate of drug-likeness (QED) is 0.571. The van der Waals surface area contributed by atoms with Gasteiger partial charge in [-0.2, -0.15) is 0 Å². The lowest BCUT2D eigenvalue weighted by atomic mass is 10.1. The number of carbonyl (C=O) groups excluding carboxylic acids is 1. The molecule has 0 aromatic carbocycles. The molecule has 2 nitrogen and oxygen atoms in total. The van der Waals surface area contributed by atoms with Crippen LogP contribution in [0.5, 0.6) is 0 Å². The van der Waals surface area contributed by atoms with E-state index in [-0.39, 0.29) is 11.8 Å². The molecule has 0 spiro atoms.